The van der Waals surface area contributed by atoms with Crippen LogP contribution in [-0.4, -0.2) is 43.5 Å². The van der Waals surface area contributed by atoms with Crippen LogP contribution in [0.25, 0.3) is 0 Å². The highest BCUT2D eigenvalue weighted by molar-refractivity contribution is 7.48. The van der Waals surface area contributed by atoms with Crippen LogP contribution in [0.5, 0.6) is 0 Å². The van der Waals surface area contributed by atoms with Gasteiger partial charge in [-0.3, -0.25) is 9.05 Å². The second kappa shape index (κ2) is 5.68. The maximum atomic E-state index is 11.9. The third-order valence-electron chi connectivity index (χ3n) is 2.42. The summed E-state index contributed by atoms with van der Waals surface area (Å²) in [5.74, 6) is 0. The third kappa shape index (κ3) is 2.77. The van der Waals surface area contributed by atoms with Crippen molar-refractivity contribution in [1.29, 1.82) is 0 Å². The zero-order valence-electron chi connectivity index (χ0n) is 10.1. The zero-order chi connectivity index (χ0) is 12.2. The van der Waals surface area contributed by atoms with E-state index in [-0.39, 0.29) is 0 Å². The van der Waals surface area contributed by atoms with E-state index in [1.165, 1.54) is 14.2 Å². The average Bonchev–Trinajstić information content (AvgIpc) is 2.70. The number of rotatable bonds is 6. The first-order valence-electron chi connectivity index (χ1n) is 5.20. The first-order chi connectivity index (χ1) is 7.60. The molecule has 1 heterocycles. The van der Waals surface area contributed by atoms with Gasteiger partial charge in [0, 0.05) is 39.7 Å². The summed E-state index contributed by atoms with van der Waals surface area (Å²) < 4.78 is 26.8. The van der Waals surface area contributed by atoms with E-state index in [0.717, 1.165) is 13.1 Å². The fourth-order valence-electron chi connectivity index (χ4n) is 1.43. The Balaban J connectivity index is 2.73. The summed E-state index contributed by atoms with van der Waals surface area (Å²) in [4.78, 5) is 3.82. The topological polar surface area (TPSA) is 51.2 Å². The Morgan fingerprint density at radius 3 is 1.88 bits per heavy atom. The smallest absolute Gasteiger partial charge is 0.334 e. The first-order valence-corrected chi connectivity index (χ1v) is 6.66. The molecule has 0 bridgehead atoms. The summed E-state index contributed by atoms with van der Waals surface area (Å²) in [5.41, 5.74) is 0. The number of hydrogen-bond donors (Lipinski definition) is 0. The van der Waals surface area contributed by atoms with Gasteiger partial charge in [-0.2, -0.15) is 0 Å². The van der Waals surface area contributed by atoms with Gasteiger partial charge in [-0.1, -0.05) is 0 Å². The fraction of sp³-hybridized carbons (Fsp3) is 0.778. The Kier molecular flexibility index (Phi) is 4.80. The summed E-state index contributed by atoms with van der Waals surface area (Å²) in [6.07, 6.45) is 3.36. The third-order valence-corrected chi connectivity index (χ3v) is 3.76. The lowest BCUT2D eigenvalue weighted by molar-refractivity contribution is -0.0455. The van der Waals surface area contributed by atoms with Crippen LogP contribution in [0.1, 0.15) is 13.8 Å². The van der Waals surface area contributed by atoms with Crippen molar-refractivity contribution in [1.82, 2.24) is 9.80 Å². The van der Waals surface area contributed by atoms with Gasteiger partial charge in [-0.25, -0.2) is 9.09 Å². The molecule has 7 heteroatoms. The molecule has 0 aromatic heterocycles. The largest absolute Gasteiger partial charge is 0.477 e. The quantitative estimate of drug-likeness (QED) is 0.670. The van der Waals surface area contributed by atoms with Crippen molar-refractivity contribution in [2.24, 2.45) is 0 Å². The molecule has 0 amide bonds. The van der Waals surface area contributed by atoms with Gasteiger partial charge in [0.1, 0.15) is 0 Å². The van der Waals surface area contributed by atoms with E-state index in [2.05, 4.69) is 0 Å². The van der Waals surface area contributed by atoms with Crippen molar-refractivity contribution in [3.05, 3.63) is 12.4 Å². The molecule has 0 saturated carbocycles. The molecular weight excluding hydrogens is 231 g/mol. The molecular formula is C9H19N2O4P. The van der Waals surface area contributed by atoms with Crippen LogP contribution in [0, 0.1) is 0 Å². The second-order valence-electron chi connectivity index (χ2n) is 3.20. The summed E-state index contributed by atoms with van der Waals surface area (Å²) in [6.45, 7) is 5.49. The molecule has 0 atom stereocenters. The normalized spacial score (nSPS) is 17.5. The fourth-order valence-corrected chi connectivity index (χ4v) is 2.22. The van der Waals surface area contributed by atoms with Crippen LogP contribution in [0.15, 0.2) is 12.4 Å². The minimum Gasteiger partial charge on any atom is -0.334 e. The molecule has 0 unspecified atom stereocenters. The van der Waals surface area contributed by atoms with Gasteiger partial charge < -0.3 is 9.80 Å². The minimum atomic E-state index is -3.45. The average molecular weight is 250 g/mol. The van der Waals surface area contributed by atoms with E-state index in [4.69, 9.17) is 13.6 Å². The number of phosphoric ester groups is 1. The lowest BCUT2D eigenvalue weighted by Gasteiger charge is -2.32. The lowest BCUT2D eigenvalue weighted by Crippen LogP contribution is -2.40. The van der Waals surface area contributed by atoms with Crippen LogP contribution >= 0.6 is 7.82 Å². The molecule has 16 heavy (non-hydrogen) atoms. The minimum absolute atomic E-state index is 0.430. The van der Waals surface area contributed by atoms with Crippen molar-refractivity contribution < 1.29 is 18.1 Å². The van der Waals surface area contributed by atoms with Gasteiger partial charge in [0.15, 0.2) is 0 Å². The molecule has 0 spiro atoms. The molecule has 0 fully saturated rings. The van der Waals surface area contributed by atoms with Crippen molar-refractivity contribution in [3.63, 3.8) is 0 Å². The number of phosphoric acid groups is 1. The molecule has 0 radical (unpaired) electrons. The molecule has 0 aromatic carbocycles. The molecule has 6 nitrogen and oxygen atoms in total. The van der Waals surface area contributed by atoms with Gasteiger partial charge in [-0.15, -0.1) is 0 Å². The van der Waals surface area contributed by atoms with E-state index in [1.807, 2.05) is 36.0 Å². The number of hydrogen-bond acceptors (Lipinski definition) is 6. The molecule has 0 aliphatic carbocycles. The zero-order valence-corrected chi connectivity index (χ0v) is 11.0. The maximum absolute atomic E-state index is 11.9. The van der Waals surface area contributed by atoms with Crippen LogP contribution in [-0.2, 0) is 18.1 Å². The standard InChI is InChI=1S/C9H19N2O4P/c1-5-10-7-8-11(6-2)9(10)15-16(12,13-3)14-4/h7-9H,5-6H2,1-4H3. The molecule has 1 aliphatic heterocycles. The Hall–Kier alpha value is -0.550. The van der Waals surface area contributed by atoms with Gasteiger partial charge in [0.25, 0.3) is 0 Å². The van der Waals surface area contributed by atoms with Gasteiger partial charge >= 0.3 is 7.82 Å². The van der Waals surface area contributed by atoms with Crippen LogP contribution in [0.3, 0.4) is 0 Å². The Morgan fingerprint density at radius 1 is 1.12 bits per heavy atom. The monoisotopic (exact) mass is 250 g/mol. The summed E-state index contributed by atoms with van der Waals surface area (Å²) in [7, 11) is -0.845. The molecule has 0 saturated heterocycles. The predicted octanol–water partition coefficient (Wildman–Crippen LogP) is 1.82. The Bertz CT molecular complexity index is 275. The summed E-state index contributed by atoms with van der Waals surface area (Å²) >= 11 is 0. The maximum Gasteiger partial charge on any atom is 0.477 e. The van der Waals surface area contributed by atoms with E-state index in [9.17, 15) is 4.57 Å². The van der Waals surface area contributed by atoms with E-state index < -0.39 is 14.2 Å². The molecule has 0 N–H and O–H groups in total. The van der Waals surface area contributed by atoms with E-state index >= 15 is 0 Å². The van der Waals surface area contributed by atoms with Crippen LogP contribution in [0.2, 0.25) is 0 Å². The van der Waals surface area contributed by atoms with E-state index in [0.29, 0.717) is 0 Å². The highest BCUT2D eigenvalue weighted by atomic mass is 31.2. The molecule has 0 aromatic rings. The Labute approximate surface area is 96.4 Å². The van der Waals surface area contributed by atoms with Crippen molar-refractivity contribution in [2.75, 3.05) is 27.3 Å². The summed E-state index contributed by atoms with van der Waals surface area (Å²) in [6, 6.07) is 0. The van der Waals surface area contributed by atoms with Gasteiger partial charge in [-0.05, 0) is 13.8 Å². The van der Waals surface area contributed by atoms with Gasteiger partial charge in [0.2, 0.25) is 6.35 Å². The molecule has 1 rings (SSSR count). The number of nitrogens with zero attached hydrogens (tertiary/aromatic N) is 2. The van der Waals surface area contributed by atoms with Crippen LogP contribution in [0.4, 0.5) is 0 Å². The Morgan fingerprint density at radius 2 is 1.56 bits per heavy atom. The predicted molar refractivity (Wildman–Crippen MR) is 60.4 cm³/mol. The van der Waals surface area contributed by atoms with Crippen molar-refractivity contribution in [2.45, 2.75) is 20.2 Å². The lowest BCUT2D eigenvalue weighted by atomic mass is 10.6. The first kappa shape index (κ1) is 13.5. The van der Waals surface area contributed by atoms with Crippen LogP contribution < -0.4 is 0 Å². The second-order valence-corrected chi connectivity index (χ2v) is 5.04. The SMILES string of the molecule is CCN1C=CN(CC)C1OP(=O)(OC)OC. The van der Waals surface area contributed by atoms with E-state index in [1.54, 1.807) is 0 Å². The molecule has 1 aliphatic rings. The molecule has 94 valence electrons. The summed E-state index contributed by atoms with van der Waals surface area (Å²) in [5, 5.41) is 0. The van der Waals surface area contributed by atoms with Crippen molar-refractivity contribution in [3.8, 4) is 0 Å². The van der Waals surface area contributed by atoms with Crippen molar-refractivity contribution >= 4 is 7.82 Å². The van der Waals surface area contributed by atoms with Gasteiger partial charge in [0.05, 0.1) is 0 Å². The highest BCUT2D eigenvalue weighted by Gasteiger charge is 2.34. The highest BCUT2D eigenvalue weighted by Crippen LogP contribution is 2.50.